The Balaban J connectivity index is 1.81. The molecule has 19 heavy (non-hydrogen) atoms. The first-order valence-electron chi connectivity index (χ1n) is 5.97. The first-order valence-corrected chi connectivity index (χ1v) is 5.97. The maximum Gasteiger partial charge on any atom is 0.231 e. The van der Waals surface area contributed by atoms with E-state index in [0.717, 1.165) is 5.56 Å². The van der Waals surface area contributed by atoms with E-state index in [1.165, 1.54) is 0 Å². The molecule has 0 bridgehead atoms. The van der Waals surface area contributed by atoms with Gasteiger partial charge < -0.3 is 14.6 Å². The highest BCUT2D eigenvalue weighted by atomic mass is 16.7. The lowest BCUT2D eigenvalue weighted by atomic mass is 10.1. The molecule has 3 nitrogen and oxygen atoms in total. The van der Waals surface area contributed by atoms with Crippen molar-refractivity contribution in [2.45, 2.75) is 6.10 Å². The van der Waals surface area contributed by atoms with Gasteiger partial charge >= 0.3 is 0 Å². The fraction of sp³-hybridized carbons (Fsp3) is 0.125. The Morgan fingerprint density at radius 1 is 1.00 bits per heavy atom. The Bertz CT molecular complexity index is 638. The van der Waals surface area contributed by atoms with Gasteiger partial charge in [-0.1, -0.05) is 36.1 Å². The van der Waals surface area contributed by atoms with Gasteiger partial charge in [-0.25, -0.2) is 0 Å². The number of benzene rings is 2. The molecule has 94 valence electrons. The van der Waals surface area contributed by atoms with E-state index in [1.807, 2.05) is 30.3 Å². The van der Waals surface area contributed by atoms with Gasteiger partial charge in [-0.05, 0) is 29.8 Å². The molecule has 0 unspecified atom stereocenters. The number of ether oxygens (including phenoxy) is 2. The molecule has 0 aromatic heterocycles. The Kier molecular flexibility index (Phi) is 3.09. The summed E-state index contributed by atoms with van der Waals surface area (Å²) in [5.74, 6) is 7.11. The van der Waals surface area contributed by atoms with Crippen LogP contribution in [0.5, 0.6) is 11.5 Å². The van der Waals surface area contributed by atoms with Gasteiger partial charge in [0.15, 0.2) is 11.5 Å². The second kappa shape index (κ2) is 5.05. The summed E-state index contributed by atoms with van der Waals surface area (Å²) in [6.07, 6.45) is -0.838. The molecule has 1 aliphatic rings. The molecule has 1 atom stereocenters. The van der Waals surface area contributed by atoms with Crippen LogP contribution in [-0.2, 0) is 0 Å². The van der Waals surface area contributed by atoms with Crippen LogP contribution in [0.4, 0.5) is 0 Å². The maximum atomic E-state index is 10.0. The lowest BCUT2D eigenvalue weighted by Crippen LogP contribution is -1.94. The quantitative estimate of drug-likeness (QED) is 0.792. The van der Waals surface area contributed by atoms with Crippen molar-refractivity contribution in [2.24, 2.45) is 0 Å². The minimum Gasteiger partial charge on any atom is -0.454 e. The van der Waals surface area contributed by atoms with E-state index in [9.17, 15) is 5.11 Å². The summed E-state index contributed by atoms with van der Waals surface area (Å²) in [5.41, 5.74) is 1.58. The molecule has 0 amide bonds. The molecule has 0 saturated carbocycles. The minimum absolute atomic E-state index is 0.227. The molecular weight excluding hydrogens is 240 g/mol. The van der Waals surface area contributed by atoms with E-state index in [4.69, 9.17) is 9.47 Å². The van der Waals surface area contributed by atoms with Crippen molar-refractivity contribution >= 4 is 0 Å². The molecule has 3 heteroatoms. The molecule has 1 aliphatic heterocycles. The summed E-state index contributed by atoms with van der Waals surface area (Å²) in [4.78, 5) is 0. The van der Waals surface area contributed by atoms with Crippen molar-refractivity contribution < 1.29 is 14.6 Å². The van der Waals surface area contributed by atoms with Crippen LogP contribution < -0.4 is 9.47 Å². The largest absolute Gasteiger partial charge is 0.454 e. The van der Waals surface area contributed by atoms with Crippen LogP contribution in [0.25, 0.3) is 0 Å². The standard InChI is InChI=1S/C16H12O3/c17-14(8-6-12-4-2-1-3-5-12)13-7-9-15-16(10-13)19-11-18-15/h1-5,7,9-10,14,17H,11H2/t14-/m1/s1. The topological polar surface area (TPSA) is 38.7 Å². The van der Waals surface area contributed by atoms with Crippen molar-refractivity contribution in [3.05, 3.63) is 59.7 Å². The molecule has 0 fully saturated rings. The zero-order chi connectivity index (χ0) is 13.1. The fourth-order valence-corrected chi connectivity index (χ4v) is 1.84. The molecule has 0 saturated heterocycles. The minimum atomic E-state index is -0.838. The van der Waals surface area contributed by atoms with Crippen LogP contribution in [0.2, 0.25) is 0 Å². The van der Waals surface area contributed by atoms with Crippen LogP contribution in [0.15, 0.2) is 48.5 Å². The summed E-state index contributed by atoms with van der Waals surface area (Å²) < 4.78 is 10.5. The number of hydrogen-bond donors (Lipinski definition) is 1. The second-order valence-corrected chi connectivity index (χ2v) is 4.15. The molecule has 0 aliphatic carbocycles. The van der Waals surface area contributed by atoms with Crippen LogP contribution in [0.3, 0.4) is 0 Å². The molecule has 0 radical (unpaired) electrons. The van der Waals surface area contributed by atoms with E-state index in [2.05, 4.69) is 11.8 Å². The molecular formula is C16H12O3. The lowest BCUT2D eigenvalue weighted by Gasteiger charge is -2.04. The molecule has 0 spiro atoms. The van der Waals surface area contributed by atoms with E-state index in [-0.39, 0.29) is 6.79 Å². The van der Waals surface area contributed by atoms with E-state index < -0.39 is 6.10 Å². The monoisotopic (exact) mass is 252 g/mol. The van der Waals surface area contributed by atoms with Gasteiger partial charge in [0.05, 0.1) is 0 Å². The first kappa shape index (κ1) is 11.6. The fourth-order valence-electron chi connectivity index (χ4n) is 1.84. The highest BCUT2D eigenvalue weighted by Crippen LogP contribution is 2.34. The van der Waals surface area contributed by atoms with Gasteiger partial charge in [0, 0.05) is 5.56 Å². The summed E-state index contributed by atoms with van der Waals surface area (Å²) in [5, 5.41) is 10.0. The predicted octanol–water partition coefficient (Wildman–Crippen LogP) is 2.50. The van der Waals surface area contributed by atoms with Gasteiger partial charge in [-0.15, -0.1) is 0 Å². The molecule has 2 aromatic rings. The normalized spacial score (nSPS) is 13.5. The summed E-state index contributed by atoms with van der Waals surface area (Å²) in [6, 6.07) is 14.9. The van der Waals surface area contributed by atoms with Gasteiger partial charge in [0.1, 0.15) is 6.10 Å². The van der Waals surface area contributed by atoms with Crippen LogP contribution in [0.1, 0.15) is 17.2 Å². The number of aliphatic hydroxyl groups excluding tert-OH is 1. The SMILES string of the molecule is O[C@H](C#Cc1ccccc1)c1ccc2c(c1)OCO2. The highest BCUT2D eigenvalue weighted by molar-refractivity contribution is 5.46. The Labute approximate surface area is 111 Å². The number of aliphatic hydroxyl groups is 1. The van der Waals surface area contributed by atoms with E-state index >= 15 is 0 Å². The van der Waals surface area contributed by atoms with E-state index in [1.54, 1.807) is 18.2 Å². The average molecular weight is 252 g/mol. The Hall–Kier alpha value is -2.44. The summed E-state index contributed by atoms with van der Waals surface area (Å²) in [7, 11) is 0. The molecule has 1 heterocycles. The maximum absolute atomic E-state index is 10.0. The number of rotatable bonds is 1. The third kappa shape index (κ3) is 2.54. The van der Waals surface area contributed by atoms with Crippen LogP contribution in [0, 0.1) is 11.8 Å². The summed E-state index contributed by atoms with van der Waals surface area (Å²) >= 11 is 0. The van der Waals surface area contributed by atoms with Gasteiger partial charge in [0.25, 0.3) is 0 Å². The molecule has 2 aromatic carbocycles. The number of fused-ring (bicyclic) bond motifs is 1. The van der Waals surface area contributed by atoms with Crippen molar-refractivity contribution in [1.82, 2.24) is 0 Å². The molecule has 3 rings (SSSR count). The third-order valence-electron chi connectivity index (χ3n) is 2.84. The van der Waals surface area contributed by atoms with Crippen molar-refractivity contribution in [3.8, 4) is 23.3 Å². The second-order valence-electron chi connectivity index (χ2n) is 4.15. The predicted molar refractivity (Wildman–Crippen MR) is 70.8 cm³/mol. The van der Waals surface area contributed by atoms with Crippen molar-refractivity contribution in [1.29, 1.82) is 0 Å². The van der Waals surface area contributed by atoms with Gasteiger partial charge in [-0.3, -0.25) is 0 Å². The zero-order valence-corrected chi connectivity index (χ0v) is 10.2. The Morgan fingerprint density at radius 2 is 1.79 bits per heavy atom. The lowest BCUT2D eigenvalue weighted by molar-refractivity contribution is 0.173. The van der Waals surface area contributed by atoms with Crippen molar-refractivity contribution in [3.63, 3.8) is 0 Å². The van der Waals surface area contributed by atoms with E-state index in [0.29, 0.717) is 17.1 Å². The van der Waals surface area contributed by atoms with Crippen LogP contribution in [-0.4, -0.2) is 11.9 Å². The molecule has 1 N–H and O–H groups in total. The first-order chi connectivity index (χ1) is 9.33. The van der Waals surface area contributed by atoms with Crippen molar-refractivity contribution in [2.75, 3.05) is 6.79 Å². The third-order valence-corrected chi connectivity index (χ3v) is 2.84. The van der Waals surface area contributed by atoms with Crippen LogP contribution >= 0.6 is 0 Å². The highest BCUT2D eigenvalue weighted by Gasteiger charge is 2.15. The Morgan fingerprint density at radius 3 is 2.63 bits per heavy atom. The average Bonchev–Trinajstić information content (AvgIpc) is 2.93. The number of hydrogen-bond acceptors (Lipinski definition) is 3. The zero-order valence-electron chi connectivity index (χ0n) is 10.2. The smallest absolute Gasteiger partial charge is 0.231 e. The van der Waals surface area contributed by atoms with Gasteiger partial charge in [-0.2, -0.15) is 0 Å². The summed E-state index contributed by atoms with van der Waals surface area (Å²) in [6.45, 7) is 0.227. The van der Waals surface area contributed by atoms with Gasteiger partial charge in [0.2, 0.25) is 6.79 Å².